The van der Waals surface area contributed by atoms with Crippen LogP contribution < -0.4 is 5.32 Å². The van der Waals surface area contributed by atoms with E-state index in [1.54, 1.807) is 0 Å². The van der Waals surface area contributed by atoms with Crippen LogP contribution in [-0.4, -0.2) is 18.6 Å². The van der Waals surface area contributed by atoms with Crippen LogP contribution in [0.5, 0.6) is 0 Å². The van der Waals surface area contributed by atoms with Crippen LogP contribution in [0.1, 0.15) is 49.4 Å². The molecule has 3 nitrogen and oxygen atoms in total. The van der Waals surface area contributed by atoms with Crippen molar-refractivity contribution in [1.82, 2.24) is 10.3 Å². The van der Waals surface area contributed by atoms with Crippen LogP contribution in [0.3, 0.4) is 0 Å². The lowest BCUT2D eigenvalue weighted by atomic mass is 10.1. The number of rotatable bonds is 7. The van der Waals surface area contributed by atoms with Crippen molar-refractivity contribution in [1.29, 1.82) is 0 Å². The lowest BCUT2D eigenvalue weighted by Crippen LogP contribution is -2.20. The van der Waals surface area contributed by atoms with Crippen LogP contribution in [0.4, 0.5) is 13.2 Å². The molecule has 1 rings (SSSR count). The SMILES string of the molecule is COC(c1nc(C(F)(F)F)c(CNCC(C)C)s1)C(C)C. The van der Waals surface area contributed by atoms with E-state index in [2.05, 4.69) is 10.3 Å². The number of nitrogens with zero attached hydrogens (tertiary/aromatic N) is 1. The standard InChI is InChI=1S/C14H23F3N2OS/c1-8(2)6-18-7-10-12(14(15,16)17)19-13(21-10)11(20-5)9(3)4/h8-9,11,18H,6-7H2,1-5H3. The number of aromatic nitrogens is 1. The van der Waals surface area contributed by atoms with Crippen LogP contribution in [0.25, 0.3) is 0 Å². The molecule has 21 heavy (non-hydrogen) atoms. The Morgan fingerprint density at radius 2 is 1.86 bits per heavy atom. The zero-order chi connectivity index (χ0) is 16.2. The average molecular weight is 324 g/mol. The molecule has 1 N–H and O–H groups in total. The van der Waals surface area contributed by atoms with E-state index < -0.39 is 18.0 Å². The van der Waals surface area contributed by atoms with Crippen molar-refractivity contribution in [3.05, 3.63) is 15.6 Å². The van der Waals surface area contributed by atoms with Gasteiger partial charge in [-0.3, -0.25) is 0 Å². The van der Waals surface area contributed by atoms with Crippen molar-refractivity contribution < 1.29 is 17.9 Å². The molecule has 0 saturated heterocycles. The Labute approximate surface area is 127 Å². The van der Waals surface area contributed by atoms with Crippen LogP contribution in [0.2, 0.25) is 0 Å². The summed E-state index contributed by atoms with van der Waals surface area (Å²) in [6.07, 6.45) is -4.84. The van der Waals surface area contributed by atoms with Gasteiger partial charge in [-0.25, -0.2) is 4.98 Å². The van der Waals surface area contributed by atoms with E-state index >= 15 is 0 Å². The van der Waals surface area contributed by atoms with Gasteiger partial charge < -0.3 is 10.1 Å². The minimum Gasteiger partial charge on any atom is -0.374 e. The van der Waals surface area contributed by atoms with Crippen molar-refractivity contribution in [3.63, 3.8) is 0 Å². The summed E-state index contributed by atoms with van der Waals surface area (Å²) in [6.45, 7) is 8.67. The fraction of sp³-hybridized carbons (Fsp3) is 0.786. The van der Waals surface area contributed by atoms with Crippen molar-refractivity contribution in [2.75, 3.05) is 13.7 Å². The van der Waals surface area contributed by atoms with Crippen molar-refractivity contribution in [2.24, 2.45) is 11.8 Å². The lowest BCUT2D eigenvalue weighted by Gasteiger charge is -2.16. The molecule has 1 unspecified atom stereocenters. The summed E-state index contributed by atoms with van der Waals surface area (Å²) in [6, 6.07) is 0. The van der Waals surface area contributed by atoms with Crippen LogP contribution in [0, 0.1) is 11.8 Å². The van der Waals surface area contributed by atoms with E-state index in [0.717, 1.165) is 11.3 Å². The number of nitrogens with one attached hydrogen (secondary N) is 1. The molecule has 1 atom stereocenters. The predicted molar refractivity (Wildman–Crippen MR) is 78.2 cm³/mol. The second kappa shape index (κ2) is 7.56. The molecule has 0 bridgehead atoms. The van der Waals surface area contributed by atoms with Crippen LogP contribution in [0.15, 0.2) is 0 Å². The fourth-order valence-electron chi connectivity index (χ4n) is 1.97. The second-order valence-electron chi connectivity index (χ2n) is 5.75. The molecule has 0 aromatic carbocycles. The molecular weight excluding hydrogens is 301 g/mol. The zero-order valence-electron chi connectivity index (χ0n) is 13.0. The zero-order valence-corrected chi connectivity index (χ0v) is 13.9. The van der Waals surface area contributed by atoms with Gasteiger partial charge in [0.15, 0.2) is 5.69 Å². The maximum absolute atomic E-state index is 13.1. The highest BCUT2D eigenvalue weighted by molar-refractivity contribution is 7.11. The van der Waals surface area contributed by atoms with Gasteiger partial charge in [0, 0.05) is 13.7 Å². The summed E-state index contributed by atoms with van der Waals surface area (Å²) in [5, 5.41) is 3.43. The molecule has 0 fully saturated rings. The molecule has 0 aliphatic rings. The smallest absolute Gasteiger partial charge is 0.374 e. The Bertz CT molecular complexity index is 444. The van der Waals surface area contributed by atoms with Crippen molar-refractivity contribution in [3.8, 4) is 0 Å². The highest BCUT2D eigenvalue weighted by atomic mass is 32.1. The van der Waals surface area contributed by atoms with Gasteiger partial charge in [0.2, 0.25) is 0 Å². The van der Waals surface area contributed by atoms with Gasteiger partial charge >= 0.3 is 6.18 Å². The summed E-state index contributed by atoms with van der Waals surface area (Å²) in [5.41, 5.74) is -0.790. The molecule has 1 heterocycles. The van der Waals surface area contributed by atoms with E-state index in [1.807, 2.05) is 27.7 Å². The number of alkyl halides is 3. The molecule has 0 saturated carbocycles. The largest absolute Gasteiger partial charge is 0.434 e. The second-order valence-corrected chi connectivity index (χ2v) is 6.86. The number of methoxy groups -OCH3 is 1. The van der Waals surface area contributed by atoms with Gasteiger partial charge in [-0.1, -0.05) is 27.7 Å². The maximum Gasteiger partial charge on any atom is 0.434 e. The summed E-state index contributed by atoms with van der Waals surface area (Å²) in [4.78, 5) is 4.02. The predicted octanol–water partition coefficient (Wildman–Crippen LogP) is 4.25. The summed E-state index contributed by atoms with van der Waals surface area (Å²) < 4.78 is 44.6. The van der Waals surface area contributed by atoms with E-state index in [0.29, 0.717) is 17.5 Å². The van der Waals surface area contributed by atoms with E-state index in [9.17, 15) is 13.2 Å². The summed E-state index contributed by atoms with van der Waals surface area (Å²) in [7, 11) is 1.50. The first-order valence-electron chi connectivity index (χ1n) is 6.97. The van der Waals surface area contributed by atoms with Gasteiger partial charge in [0.05, 0.1) is 4.88 Å². The molecule has 0 aliphatic carbocycles. The number of thiazole rings is 1. The molecule has 0 spiro atoms. The van der Waals surface area contributed by atoms with Gasteiger partial charge in [0.25, 0.3) is 0 Å². The van der Waals surface area contributed by atoms with E-state index in [-0.39, 0.29) is 17.3 Å². The molecular formula is C14H23F3N2OS. The number of halogens is 3. The molecule has 0 aliphatic heterocycles. The quantitative estimate of drug-likeness (QED) is 0.814. The summed E-state index contributed by atoms with van der Waals surface area (Å²) >= 11 is 1.08. The summed E-state index contributed by atoms with van der Waals surface area (Å²) in [5.74, 6) is 0.452. The molecule has 1 aromatic rings. The minimum absolute atomic E-state index is 0.0682. The van der Waals surface area contributed by atoms with Gasteiger partial charge in [-0.15, -0.1) is 11.3 Å². The molecule has 0 radical (unpaired) electrons. The third-order valence-electron chi connectivity index (χ3n) is 2.92. The Kier molecular flexibility index (Phi) is 6.62. The Hall–Kier alpha value is -0.660. The highest BCUT2D eigenvalue weighted by Crippen LogP contribution is 2.38. The van der Waals surface area contributed by atoms with Gasteiger partial charge in [0.1, 0.15) is 11.1 Å². The normalized spacial score (nSPS) is 14.2. The monoisotopic (exact) mass is 324 g/mol. The van der Waals surface area contributed by atoms with Gasteiger partial charge in [-0.05, 0) is 18.4 Å². The van der Waals surface area contributed by atoms with E-state index in [4.69, 9.17) is 4.74 Å². The number of hydrogen-bond acceptors (Lipinski definition) is 4. The van der Waals surface area contributed by atoms with Crippen molar-refractivity contribution in [2.45, 2.75) is 46.5 Å². The number of hydrogen-bond donors (Lipinski definition) is 1. The van der Waals surface area contributed by atoms with Gasteiger partial charge in [-0.2, -0.15) is 13.2 Å². The number of ether oxygens (including phenoxy) is 1. The first-order valence-corrected chi connectivity index (χ1v) is 7.78. The third-order valence-corrected chi connectivity index (χ3v) is 4.04. The van der Waals surface area contributed by atoms with Crippen molar-refractivity contribution >= 4 is 11.3 Å². The molecule has 1 aromatic heterocycles. The average Bonchev–Trinajstić information content (AvgIpc) is 2.72. The molecule has 7 heteroatoms. The Morgan fingerprint density at radius 3 is 2.29 bits per heavy atom. The first-order chi connectivity index (χ1) is 9.66. The third kappa shape index (κ3) is 5.23. The van der Waals surface area contributed by atoms with Crippen LogP contribution >= 0.6 is 11.3 Å². The lowest BCUT2D eigenvalue weighted by molar-refractivity contribution is -0.141. The van der Waals surface area contributed by atoms with E-state index in [1.165, 1.54) is 7.11 Å². The molecule has 122 valence electrons. The van der Waals surface area contributed by atoms with Crippen LogP contribution in [-0.2, 0) is 17.5 Å². The topological polar surface area (TPSA) is 34.1 Å². The Balaban J connectivity index is 3.01. The highest BCUT2D eigenvalue weighted by Gasteiger charge is 2.38. The maximum atomic E-state index is 13.1. The Morgan fingerprint density at radius 1 is 1.24 bits per heavy atom. The fourth-order valence-corrected chi connectivity index (χ4v) is 3.27. The minimum atomic E-state index is -4.43. The molecule has 0 amide bonds. The first kappa shape index (κ1) is 18.4.